The molecule has 0 aromatic heterocycles. The van der Waals surface area contributed by atoms with Crippen LogP contribution in [0, 0.1) is 5.92 Å². The Morgan fingerprint density at radius 1 is 1.18 bits per heavy atom. The molecule has 0 amide bonds. The minimum Gasteiger partial charge on any atom is -0.392 e. The van der Waals surface area contributed by atoms with E-state index in [9.17, 15) is 5.11 Å². The average molecular weight is 157 g/mol. The molecule has 0 aromatic carbocycles. The average Bonchev–Trinajstić information content (AvgIpc) is 2.30. The van der Waals surface area contributed by atoms with E-state index in [4.69, 9.17) is 5.73 Å². The number of hydrogen-bond acceptors (Lipinski definition) is 2. The van der Waals surface area contributed by atoms with Gasteiger partial charge in [0.05, 0.1) is 6.10 Å². The van der Waals surface area contributed by atoms with Crippen LogP contribution >= 0.6 is 0 Å². The molecule has 0 unspecified atom stereocenters. The van der Waals surface area contributed by atoms with Gasteiger partial charge in [0.25, 0.3) is 0 Å². The molecule has 1 fully saturated rings. The Bertz CT molecular complexity index is 97.7. The fourth-order valence-corrected chi connectivity index (χ4v) is 1.89. The first-order valence-corrected chi connectivity index (χ1v) is 4.72. The van der Waals surface area contributed by atoms with Crippen molar-refractivity contribution in [2.45, 2.75) is 44.6 Å². The maximum Gasteiger partial charge on any atom is 0.0690 e. The second-order valence-corrected chi connectivity index (χ2v) is 3.55. The summed E-state index contributed by atoms with van der Waals surface area (Å²) in [5, 5.41) is 9.48. The van der Waals surface area contributed by atoms with Crippen LogP contribution in [-0.4, -0.2) is 17.8 Å². The lowest BCUT2D eigenvalue weighted by atomic mass is 9.94. The summed E-state index contributed by atoms with van der Waals surface area (Å²) in [6.45, 7) is 0.435. The molecule has 1 atom stereocenters. The molecule has 0 spiro atoms. The van der Waals surface area contributed by atoms with E-state index in [1.807, 2.05) is 0 Å². The summed E-state index contributed by atoms with van der Waals surface area (Å²) in [4.78, 5) is 0. The Labute approximate surface area is 68.8 Å². The van der Waals surface area contributed by atoms with E-state index in [2.05, 4.69) is 0 Å². The third kappa shape index (κ3) is 2.80. The molecule has 0 radical (unpaired) electrons. The predicted molar refractivity (Wildman–Crippen MR) is 46.3 cm³/mol. The second kappa shape index (κ2) is 4.73. The van der Waals surface area contributed by atoms with Crippen molar-refractivity contribution in [2.75, 3.05) is 6.54 Å². The lowest BCUT2D eigenvalue weighted by Gasteiger charge is -2.18. The Kier molecular flexibility index (Phi) is 3.87. The van der Waals surface area contributed by atoms with E-state index in [-0.39, 0.29) is 6.10 Å². The van der Waals surface area contributed by atoms with Crippen molar-refractivity contribution >= 4 is 0 Å². The molecule has 0 aliphatic heterocycles. The summed E-state index contributed by atoms with van der Waals surface area (Å²) < 4.78 is 0. The highest BCUT2D eigenvalue weighted by molar-refractivity contribution is 4.72. The third-order valence-corrected chi connectivity index (χ3v) is 2.69. The van der Waals surface area contributed by atoms with E-state index in [0.717, 1.165) is 0 Å². The van der Waals surface area contributed by atoms with Gasteiger partial charge in [0.1, 0.15) is 0 Å². The normalized spacial score (nSPS) is 24.5. The number of aliphatic hydroxyl groups excluding tert-OH is 1. The molecule has 1 aliphatic carbocycles. The number of rotatable bonds is 2. The highest BCUT2D eigenvalue weighted by atomic mass is 16.3. The summed E-state index contributed by atoms with van der Waals surface area (Å²) in [7, 11) is 0. The first kappa shape index (κ1) is 9.01. The van der Waals surface area contributed by atoms with Gasteiger partial charge in [-0.2, -0.15) is 0 Å². The van der Waals surface area contributed by atoms with Crippen LogP contribution < -0.4 is 5.73 Å². The molecule has 2 heteroatoms. The summed E-state index contributed by atoms with van der Waals surface area (Å²) in [5.74, 6) is 0.488. The van der Waals surface area contributed by atoms with Gasteiger partial charge in [-0.05, 0) is 18.8 Å². The molecule has 0 bridgehead atoms. The minimum atomic E-state index is -0.243. The first-order chi connectivity index (χ1) is 5.34. The summed E-state index contributed by atoms with van der Waals surface area (Å²) in [6.07, 6.45) is 7.36. The molecule has 0 aromatic rings. The summed E-state index contributed by atoms with van der Waals surface area (Å²) in [5.41, 5.74) is 5.40. The molecule has 1 rings (SSSR count). The van der Waals surface area contributed by atoms with Gasteiger partial charge < -0.3 is 10.8 Å². The quantitative estimate of drug-likeness (QED) is 0.593. The molecule has 66 valence electrons. The smallest absolute Gasteiger partial charge is 0.0690 e. The van der Waals surface area contributed by atoms with E-state index in [1.54, 1.807) is 0 Å². The Morgan fingerprint density at radius 3 is 2.18 bits per heavy atom. The topological polar surface area (TPSA) is 46.2 Å². The second-order valence-electron chi connectivity index (χ2n) is 3.55. The van der Waals surface area contributed by atoms with Gasteiger partial charge >= 0.3 is 0 Å². The van der Waals surface area contributed by atoms with Crippen molar-refractivity contribution in [3.05, 3.63) is 0 Å². The SMILES string of the molecule is NC[C@@H](O)C1CCCCCC1. The van der Waals surface area contributed by atoms with Crippen molar-refractivity contribution < 1.29 is 5.11 Å². The maximum absolute atomic E-state index is 9.48. The van der Waals surface area contributed by atoms with Crippen LogP contribution in [-0.2, 0) is 0 Å². The molecular formula is C9H19NO. The zero-order valence-electron chi connectivity index (χ0n) is 7.13. The fraction of sp³-hybridized carbons (Fsp3) is 1.00. The third-order valence-electron chi connectivity index (χ3n) is 2.69. The van der Waals surface area contributed by atoms with Crippen LogP contribution in [0.15, 0.2) is 0 Å². The van der Waals surface area contributed by atoms with E-state index in [0.29, 0.717) is 12.5 Å². The number of aliphatic hydroxyl groups is 1. The molecule has 3 N–H and O–H groups in total. The molecule has 0 saturated heterocycles. The zero-order chi connectivity index (χ0) is 8.10. The number of hydrogen-bond donors (Lipinski definition) is 2. The van der Waals surface area contributed by atoms with Crippen molar-refractivity contribution in [1.82, 2.24) is 0 Å². The van der Waals surface area contributed by atoms with Crippen LogP contribution in [0.25, 0.3) is 0 Å². The van der Waals surface area contributed by atoms with E-state index < -0.39 is 0 Å². The van der Waals surface area contributed by atoms with E-state index >= 15 is 0 Å². The predicted octanol–water partition coefficient (Wildman–Crippen LogP) is 1.28. The van der Waals surface area contributed by atoms with E-state index in [1.165, 1.54) is 38.5 Å². The van der Waals surface area contributed by atoms with Crippen LogP contribution in [0.5, 0.6) is 0 Å². The van der Waals surface area contributed by atoms with Gasteiger partial charge in [0.15, 0.2) is 0 Å². The van der Waals surface area contributed by atoms with Crippen LogP contribution in [0.2, 0.25) is 0 Å². The molecule has 11 heavy (non-hydrogen) atoms. The highest BCUT2D eigenvalue weighted by Crippen LogP contribution is 2.24. The Hall–Kier alpha value is -0.0800. The standard InChI is InChI=1S/C9H19NO/c10-7-9(11)8-5-3-1-2-4-6-8/h8-9,11H,1-7,10H2/t9-/m1/s1. The van der Waals surface area contributed by atoms with Gasteiger partial charge in [-0.1, -0.05) is 25.7 Å². The van der Waals surface area contributed by atoms with Crippen molar-refractivity contribution in [1.29, 1.82) is 0 Å². The molecular weight excluding hydrogens is 138 g/mol. The monoisotopic (exact) mass is 157 g/mol. The van der Waals surface area contributed by atoms with Gasteiger partial charge in [-0.15, -0.1) is 0 Å². The Balaban J connectivity index is 2.30. The number of nitrogens with two attached hydrogens (primary N) is 1. The molecule has 2 nitrogen and oxygen atoms in total. The highest BCUT2D eigenvalue weighted by Gasteiger charge is 2.18. The van der Waals surface area contributed by atoms with Gasteiger partial charge in [-0.25, -0.2) is 0 Å². The maximum atomic E-state index is 9.48. The van der Waals surface area contributed by atoms with Crippen molar-refractivity contribution in [3.63, 3.8) is 0 Å². The van der Waals surface area contributed by atoms with Crippen molar-refractivity contribution in [2.24, 2.45) is 11.7 Å². The summed E-state index contributed by atoms with van der Waals surface area (Å²) in [6, 6.07) is 0. The zero-order valence-corrected chi connectivity index (χ0v) is 7.13. The van der Waals surface area contributed by atoms with Crippen LogP contribution in [0.3, 0.4) is 0 Å². The summed E-state index contributed by atoms with van der Waals surface area (Å²) >= 11 is 0. The van der Waals surface area contributed by atoms with Crippen LogP contribution in [0.4, 0.5) is 0 Å². The Morgan fingerprint density at radius 2 is 1.73 bits per heavy atom. The first-order valence-electron chi connectivity index (χ1n) is 4.72. The largest absolute Gasteiger partial charge is 0.392 e. The van der Waals surface area contributed by atoms with Crippen LogP contribution in [0.1, 0.15) is 38.5 Å². The molecule has 0 heterocycles. The fourth-order valence-electron chi connectivity index (χ4n) is 1.89. The van der Waals surface area contributed by atoms with Gasteiger partial charge in [0, 0.05) is 6.54 Å². The minimum absolute atomic E-state index is 0.243. The molecule has 1 saturated carbocycles. The van der Waals surface area contributed by atoms with Gasteiger partial charge in [-0.3, -0.25) is 0 Å². The molecule has 1 aliphatic rings. The lowest BCUT2D eigenvalue weighted by Crippen LogP contribution is -2.28. The lowest BCUT2D eigenvalue weighted by molar-refractivity contribution is 0.106. The van der Waals surface area contributed by atoms with Gasteiger partial charge in [0.2, 0.25) is 0 Å². The van der Waals surface area contributed by atoms with Crippen molar-refractivity contribution in [3.8, 4) is 0 Å².